The summed E-state index contributed by atoms with van der Waals surface area (Å²) in [7, 11) is 0. The first kappa shape index (κ1) is 17.8. The fraction of sp³-hybridized carbons (Fsp3) is 0.200. The van der Waals surface area contributed by atoms with E-state index in [-0.39, 0.29) is 0 Å². The monoisotopic (exact) mass is 405 g/mol. The quantitative estimate of drug-likeness (QED) is 0.534. The maximum absolute atomic E-state index is 5.73. The van der Waals surface area contributed by atoms with Crippen LogP contribution in [0.5, 0.6) is 0 Å². The second-order valence-electron chi connectivity index (χ2n) is 6.74. The molecule has 4 N–H and O–H groups in total. The lowest BCUT2D eigenvalue weighted by Gasteiger charge is -2.28. The predicted octanol–water partition coefficient (Wildman–Crippen LogP) is 2.82. The molecular formula is C20H19N7OS. The van der Waals surface area contributed by atoms with Gasteiger partial charge in [-0.3, -0.25) is 0 Å². The molecular weight excluding hydrogens is 386 g/mol. The average molecular weight is 405 g/mol. The molecule has 0 saturated carbocycles. The second-order valence-corrected chi connectivity index (χ2v) is 7.79. The number of fused-ring (bicyclic) bond motifs is 1. The zero-order chi connectivity index (χ0) is 19.8. The van der Waals surface area contributed by atoms with Crippen molar-refractivity contribution in [2.24, 2.45) is 0 Å². The van der Waals surface area contributed by atoms with E-state index in [1.54, 1.807) is 35.9 Å². The number of hydrogen-bond donors (Lipinski definition) is 2. The molecule has 4 aromatic rings. The Kier molecular flexibility index (Phi) is 4.45. The molecule has 8 nitrogen and oxygen atoms in total. The van der Waals surface area contributed by atoms with Gasteiger partial charge in [-0.15, -0.1) is 11.3 Å². The van der Waals surface area contributed by atoms with Crippen molar-refractivity contribution < 1.29 is 4.74 Å². The largest absolute Gasteiger partial charge is 0.384 e. The summed E-state index contributed by atoms with van der Waals surface area (Å²) in [6.45, 7) is 2.96. The van der Waals surface area contributed by atoms with Crippen molar-refractivity contribution in [3.05, 3.63) is 42.7 Å². The van der Waals surface area contributed by atoms with E-state index in [9.17, 15) is 0 Å². The van der Waals surface area contributed by atoms with Crippen LogP contribution in [0.25, 0.3) is 32.0 Å². The third kappa shape index (κ3) is 3.45. The minimum atomic E-state index is 0.469. The van der Waals surface area contributed by atoms with Gasteiger partial charge in [0.05, 0.1) is 23.4 Å². The Morgan fingerprint density at radius 2 is 1.59 bits per heavy atom. The van der Waals surface area contributed by atoms with Crippen molar-refractivity contribution in [1.29, 1.82) is 0 Å². The molecule has 0 unspecified atom stereocenters. The molecule has 0 aromatic carbocycles. The lowest BCUT2D eigenvalue weighted by molar-refractivity contribution is 0.122. The second kappa shape index (κ2) is 7.26. The highest BCUT2D eigenvalue weighted by atomic mass is 32.1. The predicted molar refractivity (Wildman–Crippen MR) is 116 cm³/mol. The summed E-state index contributed by atoms with van der Waals surface area (Å²) >= 11 is 1.66. The molecule has 0 atom stereocenters. The molecule has 29 heavy (non-hydrogen) atoms. The van der Waals surface area contributed by atoms with E-state index in [0.717, 1.165) is 45.1 Å². The van der Waals surface area contributed by atoms with Crippen LogP contribution in [-0.2, 0) is 4.74 Å². The number of rotatable bonds is 3. The molecule has 0 radical (unpaired) electrons. The number of nitrogens with zero attached hydrogens (tertiary/aromatic N) is 5. The minimum Gasteiger partial charge on any atom is -0.384 e. The Balaban J connectivity index is 1.67. The lowest BCUT2D eigenvalue weighted by atomic mass is 10.2. The van der Waals surface area contributed by atoms with Gasteiger partial charge in [-0.1, -0.05) is 0 Å². The number of morpholine rings is 1. The van der Waals surface area contributed by atoms with Crippen LogP contribution in [0, 0.1) is 0 Å². The Morgan fingerprint density at radius 1 is 0.897 bits per heavy atom. The highest BCUT2D eigenvalue weighted by Gasteiger charge is 2.20. The van der Waals surface area contributed by atoms with E-state index < -0.39 is 0 Å². The number of aromatic nitrogens is 4. The Hall–Kier alpha value is -3.30. The molecule has 9 heteroatoms. The highest BCUT2D eigenvalue weighted by Crippen LogP contribution is 2.38. The van der Waals surface area contributed by atoms with E-state index in [0.29, 0.717) is 30.7 Å². The minimum absolute atomic E-state index is 0.469. The van der Waals surface area contributed by atoms with E-state index in [4.69, 9.17) is 26.2 Å². The smallest absolute Gasteiger partial charge is 0.163 e. The molecule has 5 heterocycles. The van der Waals surface area contributed by atoms with Crippen LogP contribution in [0.2, 0.25) is 0 Å². The summed E-state index contributed by atoms with van der Waals surface area (Å²) < 4.78 is 6.57. The number of ether oxygens (including phenoxy) is 1. The van der Waals surface area contributed by atoms with Crippen LogP contribution in [0.15, 0.2) is 42.7 Å². The Bertz CT molecular complexity index is 1150. The van der Waals surface area contributed by atoms with Gasteiger partial charge in [0, 0.05) is 41.5 Å². The summed E-state index contributed by atoms with van der Waals surface area (Å²) in [5.41, 5.74) is 14.2. The van der Waals surface area contributed by atoms with Gasteiger partial charge in [0.2, 0.25) is 0 Å². The summed E-state index contributed by atoms with van der Waals surface area (Å²) in [6, 6.07) is 9.51. The molecule has 0 amide bonds. The SMILES string of the molecule is Nc1ccc(-c2nc(N3CCOCC3)c3sc(-c4ccc(N)nc4)cc3n2)cn1. The van der Waals surface area contributed by atoms with Crippen LogP contribution in [0.3, 0.4) is 0 Å². The maximum atomic E-state index is 5.73. The topological polar surface area (TPSA) is 116 Å². The zero-order valence-electron chi connectivity index (χ0n) is 15.6. The molecule has 0 aliphatic carbocycles. The van der Waals surface area contributed by atoms with Gasteiger partial charge >= 0.3 is 0 Å². The molecule has 5 rings (SSSR count). The van der Waals surface area contributed by atoms with Crippen LogP contribution >= 0.6 is 11.3 Å². The van der Waals surface area contributed by atoms with Crippen molar-refractivity contribution in [3.63, 3.8) is 0 Å². The van der Waals surface area contributed by atoms with Gasteiger partial charge in [-0.25, -0.2) is 19.9 Å². The van der Waals surface area contributed by atoms with E-state index in [2.05, 4.69) is 20.9 Å². The normalized spacial score (nSPS) is 14.4. The molecule has 1 aliphatic rings. The van der Waals surface area contributed by atoms with E-state index in [1.807, 2.05) is 12.1 Å². The van der Waals surface area contributed by atoms with Crippen molar-refractivity contribution in [3.8, 4) is 21.8 Å². The fourth-order valence-electron chi connectivity index (χ4n) is 3.26. The van der Waals surface area contributed by atoms with Gasteiger partial charge < -0.3 is 21.1 Å². The third-order valence-electron chi connectivity index (χ3n) is 4.78. The summed E-state index contributed by atoms with van der Waals surface area (Å²) in [5.74, 6) is 2.52. The molecule has 146 valence electrons. The van der Waals surface area contributed by atoms with Crippen molar-refractivity contribution in [1.82, 2.24) is 19.9 Å². The molecule has 0 spiro atoms. The number of anilines is 3. The highest BCUT2D eigenvalue weighted by molar-refractivity contribution is 7.22. The summed E-state index contributed by atoms with van der Waals surface area (Å²) in [4.78, 5) is 21.4. The van der Waals surface area contributed by atoms with Crippen LogP contribution in [-0.4, -0.2) is 46.2 Å². The zero-order valence-corrected chi connectivity index (χ0v) is 16.4. The third-order valence-corrected chi connectivity index (χ3v) is 5.95. The van der Waals surface area contributed by atoms with Crippen molar-refractivity contribution in [2.45, 2.75) is 0 Å². The van der Waals surface area contributed by atoms with Crippen molar-refractivity contribution in [2.75, 3.05) is 42.7 Å². The molecule has 1 saturated heterocycles. The average Bonchev–Trinajstić information content (AvgIpc) is 3.19. The number of nitrogen functional groups attached to an aromatic ring is 2. The molecule has 4 aromatic heterocycles. The molecule has 1 fully saturated rings. The van der Waals surface area contributed by atoms with Crippen LogP contribution in [0.4, 0.5) is 17.5 Å². The molecule has 0 bridgehead atoms. The van der Waals surface area contributed by atoms with Crippen LogP contribution < -0.4 is 16.4 Å². The van der Waals surface area contributed by atoms with E-state index >= 15 is 0 Å². The Morgan fingerprint density at radius 3 is 2.24 bits per heavy atom. The first-order valence-electron chi connectivity index (χ1n) is 9.25. The first-order chi connectivity index (χ1) is 14.2. The Labute approximate surface area is 171 Å². The number of pyridine rings is 2. The maximum Gasteiger partial charge on any atom is 0.163 e. The lowest BCUT2D eigenvalue weighted by Crippen LogP contribution is -2.36. The number of thiophene rings is 1. The number of hydrogen-bond acceptors (Lipinski definition) is 9. The summed E-state index contributed by atoms with van der Waals surface area (Å²) in [5, 5.41) is 0. The van der Waals surface area contributed by atoms with Gasteiger partial charge in [0.1, 0.15) is 11.6 Å². The van der Waals surface area contributed by atoms with E-state index in [1.165, 1.54) is 0 Å². The van der Waals surface area contributed by atoms with Crippen molar-refractivity contribution >= 4 is 39.0 Å². The number of nitrogens with two attached hydrogens (primary N) is 2. The summed E-state index contributed by atoms with van der Waals surface area (Å²) in [6.07, 6.45) is 3.49. The van der Waals surface area contributed by atoms with Gasteiger partial charge in [0.15, 0.2) is 11.6 Å². The van der Waals surface area contributed by atoms with Gasteiger partial charge in [-0.2, -0.15) is 0 Å². The molecule has 1 aliphatic heterocycles. The first-order valence-corrected chi connectivity index (χ1v) is 10.1. The van der Waals surface area contributed by atoms with Gasteiger partial charge in [0.25, 0.3) is 0 Å². The van der Waals surface area contributed by atoms with Gasteiger partial charge in [-0.05, 0) is 30.3 Å². The standard InChI is InChI=1S/C20H19N7OS/c21-16-3-1-12(10-23-16)15-9-14-18(29-15)20(27-5-7-28-8-6-27)26-19(25-14)13-2-4-17(22)24-11-13/h1-4,9-11H,5-8H2,(H2,21,23)(H2,22,24). The fourth-order valence-corrected chi connectivity index (χ4v) is 4.37. The van der Waals surface area contributed by atoms with Crippen LogP contribution in [0.1, 0.15) is 0 Å².